The van der Waals surface area contributed by atoms with E-state index in [0.717, 1.165) is 12.8 Å². The number of nitrogens with zero attached hydrogens (tertiary/aromatic N) is 1. The van der Waals surface area contributed by atoms with E-state index >= 15 is 0 Å². The molecule has 0 saturated heterocycles. The third-order valence-corrected chi connectivity index (χ3v) is 2.59. The molecule has 0 aromatic rings. The van der Waals surface area contributed by atoms with E-state index in [0.29, 0.717) is 13.2 Å². The number of carbonyl (C=O) groups is 1. The van der Waals surface area contributed by atoms with Crippen molar-refractivity contribution in [2.45, 2.75) is 45.7 Å². The summed E-state index contributed by atoms with van der Waals surface area (Å²) in [7, 11) is 1.64. The van der Waals surface area contributed by atoms with Gasteiger partial charge >= 0.3 is 0 Å². The molecule has 0 fully saturated rings. The zero-order valence-corrected chi connectivity index (χ0v) is 10.3. The third kappa shape index (κ3) is 4.62. The average molecular weight is 216 g/mol. The molecule has 0 aromatic carbocycles. The molecule has 0 bridgehead atoms. The Balaban J connectivity index is 4.47. The second-order valence-electron chi connectivity index (χ2n) is 3.78. The van der Waals surface area contributed by atoms with Crippen LogP contribution in [0.5, 0.6) is 0 Å². The van der Waals surface area contributed by atoms with Gasteiger partial charge in [0.05, 0.1) is 12.6 Å². The number of nitrogens with two attached hydrogens (primary N) is 1. The van der Waals surface area contributed by atoms with E-state index in [9.17, 15) is 4.79 Å². The average Bonchev–Trinajstić information content (AvgIpc) is 2.23. The molecule has 0 aromatic heterocycles. The minimum absolute atomic E-state index is 0.0146. The first-order valence-corrected chi connectivity index (χ1v) is 5.63. The summed E-state index contributed by atoms with van der Waals surface area (Å²) in [4.78, 5) is 13.7. The fourth-order valence-corrected chi connectivity index (χ4v) is 1.65. The first-order chi connectivity index (χ1) is 7.08. The zero-order valence-electron chi connectivity index (χ0n) is 10.3. The lowest BCUT2D eigenvalue weighted by molar-refractivity contribution is -0.135. The van der Waals surface area contributed by atoms with Gasteiger partial charge in [-0.3, -0.25) is 4.79 Å². The Bertz CT molecular complexity index is 179. The molecule has 0 saturated carbocycles. The van der Waals surface area contributed by atoms with Crippen LogP contribution in [0.2, 0.25) is 0 Å². The fourth-order valence-electron chi connectivity index (χ4n) is 1.65. The number of hydrogen-bond donors (Lipinski definition) is 1. The predicted octanol–water partition coefficient (Wildman–Crippen LogP) is 0.997. The van der Waals surface area contributed by atoms with Crippen molar-refractivity contribution in [1.82, 2.24) is 4.90 Å². The van der Waals surface area contributed by atoms with Gasteiger partial charge in [0.2, 0.25) is 5.91 Å². The standard InChI is InChI=1S/C11H24N2O2/c1-5-10(6-2)13(7-8-15-4)11(14)9(3)12/h9-10H,5-8,12H2,1-4H3/t9-/m1/s1. The second kappa shape index (κ2) is 7.65. The van der Waals surface area contributed by atoms with Crippen molar-refractivity contribution in [3.63, 3.8) is 0 Å². The molecule has 0 aliphatic carbocycles. The van der Waals surface area contributed by atoms with E-state index < -0.39 is 6.04 Å². The highest BCUT2D eigenvalue weighted by molar-refractivity contribution is 5.81. The van der Waals surface area contributed by atoms with Gasteiger partial charge in [-0.2, -0.15) is 0 Å². The highest BCUT2D eigenvalue weighted by atomic mass is 16.5. The molecule has 0 spiro atoms. The predicted molar refractivity (Wildman–Crippen MR) is 61.6 cm³/mol. The molecule has 1 amide bonds. The Morgan fingerprint density at radius 3 is 2.27 bits per heavy atom. The van der Waals surface area contributed by atoms with Crippen molar-refractivity contribution < 1.29 is 9.53 Å². The molecule has 4 heteroatoms. The van der Waals surface area contributed by atoms with Crippen LogP contribution in [0, 0.1) is 0 Å². The molecule has 2 N–H and O–H groups in total. The summed E-state index contributed by atoms with van der Waals surface area (Å²) in [6, 6.07) is -0.152. The molecule has 0 rings (SSSR count). The number of methoxy groups -OCH3 is 1. The van der Waals surface area contributed by atoms with E-state index in [2.05, 4.69) is 13.8 Å². The van der Waals surface area contributed by atoms with Crippen LogP contribution in [0.1, 0.15) is 33.6 Å². The highest BCUT2D eigenvalue weighted by Gasteiger charge is 2.22. The molecule has 0 aliphatic rings. The molecule has 90 valence electrons. The maximum Gasteiger partial charge on any atom is 0.239 e. The Hall–Kier alpha value is -0.610. The largest absolute Gasteiger partial charge is 0.383 e. The van der Waals surface area contributed by atoms with Crippen molar-refractivity contribution in [2.75, 3.05) is 20.3 Å². The van der Waals surface area contributed by atoms with E-state index in [1.165, 1.54) is 0 Å². The smallest absolute Gasteiger partial charge is 0.239 e. The van der Waals surface area contributed by atoms with Crippen molar-refractivity contribution in [3.8, 4) is 0 Å². The van der Waals surface area contributed by atoms with E-state index in [4.69, 9.17) is 10.5 Å². The van der Waals surface area contributed by atoms with Gasteiger partial charge in [0.15, 0.2) is 0 Å². The summed E-state index contributed by atoms with van der Waals surface area (Å²) >= 11 is 0. The van der Waals surface area contributed by atoms with Crippen LogP contribution >= 0.6 is 0 Å². The molecule has 0 heterocycles. The van der Waals surface area contributed by atoms with Gasteiger partial charge in [-0.15, -0.1) is 0 Å². The molecular formula is C11H24N2O2. The first kappa shape index (κ1) is 14.4. The van der Waals surface area contributed by atoms with Crippen molar-refractivity contribution in [1.29, 1.82) is 0 Å². The molecule has 0 radical (unpaired) electrons. The fraction of sp³-hybridized carbons (Fsp3) is 0.909. The molecule has 0 aliphatic heterocycles. The van der Waals surface area contributed by atoms with Crippen LogP contribution in [0.15, 0.2) is 0 Å². The zero-order chi connectivity index (χ0) is 11.8. The Labute approximate surface area is 92.8 Å². The van der Waals surface area contributed by atoms with Gasteiger partial charge in [-0.1, -0.05) is 13.8 Å². The Morgan fingerprint density at radius 2 is 1.93 bits per heavy atom. The summed E-state index contributed by atoms with van der Waals surface area (Å²) in [5.41, 5.74) is 5.62. The number of hydrogen-bond acceptors (Lipinski definition) is 3. The SMILES string of the molecule is CCC(CC)N(CCOC)C(=O)[C@@H](C)N. The monoisotopic (exact) mass is 216 g/mol. The molecule has 1 atom stereocenters. The maximum absolute atomic E-state index is 11.9. The lowest BCUT2D eigenvalue weighted by Gasteiger charge is -2.31. The van der Waals surface area contributed by atoms with Crippen LogP contribution in [0.25, 0.3) is 0 Å². The van der Waals surface area contributed by atoms with Gasteiger partial charge in [0.25, 0.3) is 0 Å². The van der Waals surface area contributed by atoms with Gasteiger partial charge in [-0.05, 0) is 19.8 Å². The Morgan fingerprint density at radius 1 is 1.40 bits per heavy atom. The van der Waals surface area contributed by atoms with Gasteiger partial charge in [-0.25, -0.2) is 0 Å². The van der Waals surface area contributed by atoms with Crippen LogP contribution in [0.3, 0.4) is 0 Å². The van der Waals surface area contributed by atoms with Crippen LogP contribution < -0.4 is 5.73 Å². The number of amides is 1. The molecule has 15 heavy (non-hydrogen) atoms. The topological polar surface area (TPSA) is 55.6 Å². The summed E-state index contributed by atoms with van der Waals surface area (Å²) in [5, 5.41) is 0. The third-order valence-electron chi connectivity index (χ3n) is 2.59. The summed E-state index contributed by atoms with van der Waals surface area (Å²) in [6.07, 6.45) is 1.91. The molecule has 4 nitrogen and oxygen atoms in total. The molecule has 0 unspecified atom stereocenters. The lowest BCUT2D eigenvalue weighted by atomic mass is 10.1. The van der Waals surface area contributed by atoms with Crippen molar-refractivity contribution in [3.05, 3.63) is 0 Å². The normalized spacial score (nSPS) is 12.9. The van der Waals surface area contributed by atoms with Gasteiger partial charge in [0, 0.05) is 19.7 Å². The van der Waals surface area contributed by atoms with Gasteiger partial charge < -0.3 is 15.4 Å². The second-order valence-corrected chi connectivity index (χ2v) is 3.78. The van der Waals surface area contributed by atoms with Crippen LogP contribution in [0.4, 0.5) is 0 Å². The minimum Gasteiger partial charge on any atom is -0.383 e. The maximum atomic E-state index is 11.9. The minimum atomic E-state index is -0.428. The summed E-state index contributed by atoms with van der Waals surface area (Å²) in [6.45, 7) is 7.09. The summed E-state index contributed by atoms with van der Waals surface area (Å²) in [5.74, 6) is 0.0146. The highest BCUT2D eigenvalue weighted by Crippen LogP contribution is 2.09. The van der Waals surface area contributed by atoms with Crippen molar-refractivity contribution in [2.24, 2.45) is 5.73 Å². The quantitative estimate of drug-likeness (QED) is 0.690. The summed E-state index contributed by atoms with van der Waals surface area (Å²) < 4.78 is 5.01. The van der Waals surface area contributed by atoms with E-state index in [1.807, 2.05) is 4.90 Å². The molecular weight excluding hydrogens is 192 g/mol. The van der Waals surface area contributed by atoms with Crippen molar-refractivity contribution >= 4 is 5.91 Å². The number of carbonyl (C=O) groups excluding carboxylic acids is 1. The van der Waals surface area contributed by atoms with E-state index in [-0.39, 0.29) is 11.9 Å². The number of rotatable bonds is 7. The lowest BCUT2D eigenvalue weighted by Crippen LogP contribution is -2.48. The Kier molecular flexibility index (Phi) is 7.34. The van der Waals surface area contributed by atoms with Crippen LogP contribution in [-0.4, -0.2) is 43.2 Å². The van der Waals surface area contributed by atoms with Gasteiger partial charge in [0.1, 0.15) is 0 Å². The van der Waals surface area contributed by atoms with E-state index in [1.54, 1.807) is 14.0 Å². The number of ether oxygens (including phenoxy) is 1. The first-order valence-electron chi connectivity index (χ1n) is 5.63. The van der Waals surface area contributed by atoms with Crippen LogP contribution in [-0.2, 0) is 9.53 Å².